The normalized spacial score (nSPS) is 21.4. The van der Waals surface area contributed by atoms with Gasteiger partial charge >= 0.3 is 12.1 Å². The highest BCUT2D eigenvalue weighted by Crippen LogP contribution is 2.24. The number of thioether (sulfide) groups is 1. The summed E-state index contributed by atoms with van der Waals surface area (Å²) < 4.78 is 36.5. The Hall–Kier alpha value is -1.49. The Kier molecular flexibility index (Phi) is 9.26. The Morgan fingerprint density at radius 1 is 1.24 bits per heavy atom. The van der Waals surface area contributed by atoms with Gasteiger partial charge in [-0.2, -0.15) is 11.8 Å². The summed E-state index contributed by atoms with van der Waals surface area (Å²) in [6, 6.07) is -2.43. The van der Waals surface area contributed by atoms with Crippen molar-refractivity contribution in [1.82, 2.24) is 9.62 Å². The molecule has 168 valence electrons. The van der Waals surface area contributed by atoms with Crippen LogP contribution < -0.4 is 5.32 Å². The summed E-state index contributed by atoms with van der Waals surface area (Å²) in [6.07, 6.45) is -0.329. The topological polar surface area (TPSA) is 119 Å². The van der Waals surface area contributed by atoms with Crippen LogP contribution in [0.25, 0.3) is 0 Å². The summed E-state index contributed by atoms with van der Waals surface area (Å²) in [5.41, 5.74) is -0.786. The minimum Gasteiger partial charge on any atom is -0.464 e. The van der Waals surface area contributed by atoms with Gasteiger partial charge in [-0.15, -0.1) is 0 Å². The van der Waals surface area contributed by atoms with Gasteiger partial charge in [-0.3, -0.25) is 4.79 Å². The lowest BCUT2D eigenvalue weighted by Gasteiger charge is -2.33. The molecule has 0 aromatic carbocycles. The minimum absolute atomic E-state index is 0.0625. The van der Waals surface area contributed by atoms with Gasteiger partial charge in [-0.25, -0.2) is 22.3 Å². The van der Waals surface area contributed by atoms with E-state index in [0.717, 1.165) is 0 Å². The van der Waals surface area contributed by atoms with Crippen molar-refractivity contribution < 1.29 is 32.3 Å². The molecule has 1 heterocycles. The number of rotatable bonds is 6. The average molecular weight is 453 g/mol. The van der Waals surface area contributed by atoms with E-state index in [9.17, 15) is 22.8 Å². The van der Waals surface area contributed by atoms with Gasteiger partial charge in [-0.1, -0.05) is 20.3 Å². The Morgan fingerprint density at radius 2 is 1.86 bits per heavy atom. The fourth-order valence-electron chi connectivity index (χ4n) is 2.67. The zero-order chi connectivity index (χ0) is 22.4. The summed E-state index contributed by atoms with van der Waals surface area (Å²) in [5.74, 6) is -1.94. The summed E-state index contributed by atoms with van der Waals surface area (Å²) in [6.45, 7) is 10.2. The molecule has 0 unspecified atom stereocenters. The number of sulfonamides is 1. The molecule has 1 saturated heterocycles. The van der Waals surface area contributed by atoms with E-state index in [1.165, 1.54) is 11.8 Å². The largest absolute Gasteiger partial charge is 0.464 e. The predicted molar refractivity (Wildman–Crippen MR) is 111 cm³/mol. The molecular weight excluding hydrogens is 420 g/mol. The van der Waals surface area contributed by atoms with Crippen LogP contribution in [0.5, 0.6) is 0 Å². The van der Waals surface area contributed by atoms with Gasteiger partial charge in [0, 0.05) is 11.5 Å². The van der Waals surface area contributed by atoms with Crippen molar-refractivity contribution in [2.24, 2.45) is 5.92 Å². The zero-order valence-electron chi connectivity index (χ0n) is 17.9. The molecule has 2 amide bonds. The molecule has 29 heavy (non-hydrogen) atoms. The first kappa shape index (κ1) is 25.5. The minimum atomic E-state index is -4.06. The standard InChI is InChI=1S/C18H32N2O7S2/c1-7-12(3)14(19-17(23)27-18(4,5)6)15(21)20-13(16(22)26-8-2)11-28-9-10-29(20,24)25/h12-14H,7-11H2,1-6H3,(H,19,23)/t12-,13-,14-/m0/s1. The second-order valence-electron chi connectivity index (χ2n) is 7.80. The van der Waals surface area contributed by atoms with Crippen LogP contribution in [-0.4, -0.2) is 72.2 Å². The third-order valence-corrected chi connectivity index (χ3v) is 7.33. The van der Waals surface area contributed by atoms with E-state index < -0.39 is 45.7 Å². The number of carbonyl (C=O) groups is 3. The monoisotopic (exact) mass is 452 g/mol. The number of hydrogen-bond donors (Lipinski definition) is 1. The Balaban J connectivity index is 3.28. The van der Waals surface area contributed by atoms with Crippen molar-refractivity contribution >= 4 is 39.8 Å². The average Bonchev–Trinajstić information content (AvgIpc) is 2.75. The summed E-state index contributed by atoms with van der Waals surface area (Å²) in [5, 5.41) is 2.50. The van der Waals surface area contributed by atoms with Crippen LogP contribution in [0.2, 0.25) is 0 Å². The third-order valence-electron chi connectivity index (χ3n) is 4.27. The Morgan fingerprint density at radius 3 is 2.38 bits per heavy atom. The van der Waals surface area contributed by atoms with Crippen LogP contribution in [0.4, 0.5) is 4.79 Å². The molecule has 1 N–H and O–H groups in total. The van der Waals surface area contributed by atoms with Gasteiger partial charge in [0.05, 0.1) is 12.4 Å². The van der Waals surface area contributed by atoms with E-state index in [2.05, 4.69) is 5.32 Å². The lowest BCUT2D eigenvalue weighted by atomic mass is 9.98. The molecule has 0 aromatic rings. The fourth-order valence-corrected chi connectivity index (χ4v) is 5.88. The lowest BCUT2D eigenvalue weighted by Crippen LogP contribution is -2.58. The first-order chi connectivity index (χ1) is 13.3. The molecule has 0 radical (unpaired) electrons. The number of ether oxygens (including phenoxy) is 2. The van der Waals surface area contributed by atoms with Crippen LogP contribution >= 0.6 is 11.8 Å². The van der Waals surface area contributed by atoms with Crippen molar-refractivity contribution in [1.29, 1.82) is 0 Å². The van der Waals surface area contributed by atoms with Crippen molar-refractivity contribution in [2.45, 2.75) is 65.6 Å². The SMILES string of the molecule is CCOC(=O)[C@@H]1CSCCS(=O)(=O)N1C(=O)[C@@H](NC(=O)OC(C)(C)C)[C@@H](C)CC. The molecule has 11 heteroatoms. The second-order valence-corrected chi connectivity index (χ2v) is 10.9. The van der Waals surface area contributed by atoms with Gasteiger partial charge in [0.1, 0.15) is 11.6 Å². The van der Waals surface area contributed by atoms with Crippen molar-refractivity contribution in [3.63, 3.8) is 0 Å². The molecule has 3 atom stereocenters. The molecule has 1 aliphatic heterocycles. The molecule has 0 saturated carbocycles. The van der Waals surface area contributed by atoms with E-state index in [0.29, 0.717) is 10.7 Å². The number of esters is 1. The Labute approximate surface area is 177 Å². The second kappa shape index (κ2) is 10.5. The molecular formula is C18H32N2O7S2. The first-order valence-electron chi connectivity index (χ1n) is 9.63. The number of carbonyl (C=O) groups excluding carboxylic acids is 3. The number of amides is 2. The summed E-state index contributed by atoms with van der Waals surface area (Å²) >= 11 is 1.26. The predicted octanol–water partition coefficient (Wildman–Crippen LogP) is 1.76. The fraction of sp³-hybridized carbons (Fsp3) is 0.833. The molecule has 1 rings (SSSR count). The van der Waals surface area contributed by atoms with Crippen LogP contribution in [0, 0.1) is 5.92 Å². The number of alkyl carbamates (subject to hydrolysis) is 1. The van der Waals surface area contributed by atoms with Gasteiger partial charge in [-0.05, 0) is 33.6 Å². The molecule has 0 spiro atoms. The van der Waals surface area contributed by atoms with E-state index in [-0.39, 0.29) is 29.8 Å². The van der Waals surface area contributed by atoms with E-state index in [1.54, 1.807) is 34.6 Å². The molecule has 1 aliphatic rings. The third kappa shape index (κ3) is 7.36. The first-order valence-corrected chi connectivity index (χ1v) is 12.4. The summed E-state index contributed by atoms with van der Waals surface area (Å²) in [7, 11) is -4.06. The Bertz CT molecular complexity index is 703. The summed E-state index contributed by atoms with van der Waals surface area (Å²) in [4.78, 5) is 38.0. The van der Waals surface area contributed by atoms with Crippen molar-refractivity contribution in [3.05, 3.63) is 0 Å². The molecule has 1 fully saturated rings. The van der Waals surface area contributed by atoms with Crippen LogP contribution in [0.15, 0.2) is 0 Å². The smallest absolute Gasteiger partial charge is 0.408 e. The van der Waals surface area contributed by atoms with E-state index in [1.807, 2.05) is 6.92 Å². The maximum absolute atomic E-state index is 13.3. The molecule has 0 aromatic heterocycles. The lowest BCUT2D eigenvalue weighted by molar-refractivity contribution is -0.151. The van der Waals surface area contributed by atoms with Gasteiger partial charge in [0.25, 0.3) is 5.91 Å². The zero-order valence-corrected chi connectivity index (χ0v) is 19.5. The molecule has 0 aliphatic carbocycles. The van der Waals surface area contributed by atoms with Crippen molar-refractivity contribution in [3.8, 4) is 0 Å². The highest BCUT2D eigenvalue weighted by atomic mass is 32.2. The van der Waals surface area contributed by atoms with Crippen LogP contribution in [0.3, 0.4) is 0 Å². The number of nitrogens with zero attached hydrogens (tertiary/aromatic N) is 1. The van der Waals surface area contributed by atoms with E-state index >= 15 is 0 Å². The quantitative estimate of drug-likeness (QED) is 0.606. The van der Waals surface area contributed by atoms with Crippen molar-refractivity contribution in [2.75, 3.05) is 23.9 Å². The molecule has 9 nitrogen and oxygen atoms in total. The van der Waals surface area contributed by atoms with Gasteiger partial charge < -0.3 is 14.8 Å². The maximum atomic E-state index is 13.3. The molecule has 0 bridgehead atoms. The highest BCUT2D eigenvalue weighted by Gasteiger charge is 2.45. The van der Waals surface area contributed by atoms with E-state index in [4.69, 9.17) is 9.47 Å². The van der Waals surface area contributed by atoms with Crippen LogP contribution in [-0.2, 0) is 29.1 Å². The van der Waals surface area contributed by atoms with Gasteiger partial charge in [0.2, 0.25) is 10.0 Å². The van der Waals surface area contributed by atoms with Crippen LogP contribution in [0.1, 0.15) is 48.0 Å². The van der Waals surface area contributed by atoms with Gasteiger partial charge in [0.15, 0.2) is 6.04 Å². The number of hydrogen-bond acceptors (Lipinski definition) is 8. The highest BCUT2D eigenvalue weighted by molar-refractivity contribution is 8.01. The maximum Gasteiger partial charge on any atom is 0.408 e. The number of nitrogens with one attached hydrogen (secondary N) is 1.